The van der Waals surface area contributed by atoms with Crippen LogP contribution in [0.15, 0.2) is 14.0 Å². The van der Waals surface area contributed by atoms with E-state index in [4.69, 9.17) is 0 Å². The number of thiazole rings is 1. The number of hydrogen-bond acceptors (Lipinski definition) is 4. The quantitative estimate of drug-likeness (QED) is 0.648. The Morgan fingerprint density at radius 1 is 1.60 bits per heavy atom. The van der Waals surface area contributed by atoms with Crippen molar-refractivity contribution in [2.75, 3.05) is 0 Å². The molecule has 0 aliphatic heterocycles. The van der Waals surface area contributed by atoms with E-state index in [0.29, 0.717) is 15.8 Å². The molecular formula is C5H7NOS3. The van der Waals surface area contributed by atoms with E-state index in [9.17, 15) is 4.79 Å². The Morgan fingerprint density at radius 2 is 2.20 bits per heavy atom. The molecule has 5 heteroatoms. The average molecular weight is 193 g/mol. The molecule has 0 saturated carbocycles. The Bertz CT molecular complexity index is 288. The van der Waals surface area contributed by atoms with Crippen molar-refractivity contribution in [1.29, 1.82) is 0 Å². The summed E-state index contributed by atoms with van der Waals surface area (Å²) >= 11 is 9.29. The number of thiol groups is 2. The molecule has 0 saturated heterocycles. The molecule has 0 N–H and O–H groups in total. The number of rotatable bonds is 1. The molecule has 0 aliphatic rings. The summed E-state index contributed by atoms with van der Waals surface area (Å²) in [4.78, 5) is 11.0. The molecule has 1 aromatic rings. The summed E-state index contributed by atoms with van der Waals surface area (Å²) in [5, 5.41) is 0.667. The van der Waals surface area contributed by atoms with E-state index in [1.807, 2.05) is 6.92 Å². The van der Waals surface area contributed by atoms with E-state index in [0.717, 1.165) is 11.3 Å². The van der Waals surface area contributed by atoms with Gasteiger partial charge in [0, 0.05) is 6.54 Å². The van der Waals surface area contributed by atoms with Crippen LogP contribution in [-0.2, 0) is 6.54 Å². The highest BCUT2D eigenvalue weighted by molar-refractivity contribution is 7.85. The van der Waals surface area contributed by atoms with Crippen LogP contribution < -0.4 is 4.87 Å². The molecule has 2 nitrogen and oxygen atoms in total. The van der Waals surface area contributed by atoms with Gasteiger partial charge in [0.25, 0.3) is 0 Å². The second kappa shape index (κ2) is 3.02. The Morgan fingerprint density at radius 3 is 2.40 bits per heavy atom. The van der Waals surface area contributed by atoms with E-state index >= 15 is 0 Å². The Balaban J connectivity index is 3.34. The lowest BCUT2D eigenvalue weighted by molar-refractivity contribution is 0.673. The summed E-state index contributed by atoms with van der Waals surface area (Å²) in [6.07, 6.45) is 0. The van der Waals surface area contributed by atoms with Gasteiger partial charge in [-0.2, -0.15) is 0 Å². The van der Waals surface area contributed by atoms with Crippen molar-refractivity contribution in [2.24, 2.45) is 0 Å². The molecule has 1 rings (SSSR count). The molecule has 0 spiro atoms. The van der Waals surface area contributed by atoms with Crippen molar-refractivity contribution < 1.29 is 0 Å². The van der Waals surface area contributed by atoms with Crippen molar-refractivity contribution in [3.8, 4) is 0 Å². The Hall–Kier alpha value is 0.130. The number of nitrogens with zero attached hydrogens (tertiary/aromatic N) is 1. The number of hydrogen-bond donors (Lipinski definition) is 2. The first kappa shape index (κ1) is 8.23. The van der Waals surface area contributed by atoms with Gasteiger partial charge in [-0.3, -0.25) is 9.36 Å². The van der Waals surface area contributed by atoms with Crippen LogP contribution in [0.4, 0.5) is 0 Å². The summed E-state index contributed by atoms with van der Waals surface area (Å²) in [6, 6.07) is 0. The molecule has 0 aromatic carbocycles. The van der Waals surface area contributed by atoms with Gasteiger partial charge >= 0.3 is 4.87 Å². The maximum atomic E-state index is 11.0. The molecule has 10 heavy (non-hydrogen) atoms. The molecule has 0 fully saturated rings. The van der Waals surface area contributed by atoms with E-state index in [1.54, 1.807) is 4.57 Å². The van der Waals surface area contributed by atoms with Crippen LogP contribution in [-0.4, -0.2) is 4.57 Å². The highest BCUT2D eigenvalue weighted by Crippen LogP contribution is 2.19. The van der Waals surface area contributed by atoms with Crippen molar-refractivity contribution in [1.82, 2.24) is 4.57 Å². The molecule has 1 heterocycles. The minimum atomic E-state index is 0.0116. The van der Waals surface area contributed by atoms with Crippen LogP contribution in [0.5, 0.6) is 0 Å². The van der Waals surface area contributed by atoms with E-state index in [2.05, 4.69) is 25.3 Å². The van der Waals surface area contributed by atoms with Gasteiger partial charge in [0.15, 0.2) is 0 Å². The predicted octanol–water partition coefficient (Wildman–Crippen LogP) is 1.51. The summed E-state index contributed by atoms with van der Waals surface area (Å²) in [5.41, 5.74) is 0. The molecule has 0 unspecified atom stereocenters. The lowest BCUT2D eigenvalue weighted by Crippen LogP contribution is -2.11. The summed E-state index contributed by atoms with van der Waals surface area (Å²) in [6.45, 7) is 2.57. The lowest BCUT2D eigenvalue weighted by atomic mass is 10.7. The van der Waals surface area contributed by atoms with Crippen molar-refractivity contribution in [2.45, 2.75) is 22.7 Å². The highest BCUT2D eigenvalue weighted by atomic mass is 32.2. The van der Waals surface area contributed by atoms with Gasteiger partial charge in [0.05, 0.1) is 9.24 Å². The molecule has 0 aliphatic carbocycles. The molecular weight excluding hydrogens is 186 g/mol. The summed E-state index contributed by atoms with van der Waals surface area (Å²) < 4.78 is 2.27. The fraction of sp³-hybridized carbons (Fsp3) is 0.400. The van der Waals surface area contributed by atoms with E-state index in [1.165, 1.54) is 0 Å². The van der Waals surface area contributed by atoms with Crippen LogP contribution in [0, 0.1) is 0 Å². The van der Waals surface area contributed by atoms with Gasteiger partial charge in [0.2, 0.25) is 0 Å². The van der Waals surface area contributed by atoms with Crippen LogP contribution in [0.25, 0.3) is 0 Å². The number of aromatic nitrogens is 1. The minimum Gasteiger partial charge on any atom is -0.293 e. The normalized spacial score (nSPS) is 10.3. The van der Waals surface area contributed by atoms with Crippen LogP contribution >= 0.6 is 36.6 Å². The fourth-order valence-corrected chi connectivity index (χ4v) is 2.15. The van der Waals surface area contributed by atoms with Gasteiger partial charge in [-0.1, -0.05) is 11.3 Å². The molecule has 56 valence electrons. The maximum absolute atomic E-state index is 11.0. The third kappa shape index (κ3) is 1.26. The largest absolute Gasteiger partial charge is 0.309 e. The molecule has 1 aromatic heterocycles. The van der Waals surface area contributed by atoms with Crippen molar-refractivity contribution in [3.63, 3.8) is 0 Å². The monoisotopic (exact) mass is 193 g/mol. The highest BCUT2D eigenvalue weighted by Gasteiger charge is 2.05. The van der Waals surface area contributed by atoms with Crippen molar-refractivity contribution in [3.05, 3.63) is 9.67 Å². The fourth-order valence-electron chi connectivity index (χ4n) is 0.664. The first-order valence-corrected chi connectivity index (χ1v) is 4.49. The second-order valence-corrected chi connectivity index (χ2v) is 3.88. The van der Waals surface area contributed by atoms with Gasteiger partial charge in [-0.05, 0) is 6.92 Å². The summed E-state index contributed by atoms with van der Waals surface area (Å²) in [7, 11) is 0. The van der Waals surface area contributed by atoms with Gasteiger partial charge < -0.3 is 0 Å². The second-order valence-electron chi connectivity index (χ2n) is 1.74. The first-order valence-electron chi connectivity index (χ1n) is 2.78. The van der Waals surface area contributed by atoms with Gasteiger partial charge in [-0.25, -0.2) is 0 Å². The summed E-state index contributed by atoms with van der Waals surface area (Å²) in [5.74, 6) is 0. The molecule has 0 amide bonds. The standard InChI is InChI=1S/C5H7NOS3/c1-2-6-3(8)4(9)10-5(6)7/h8-9H,2H2,1H3. The SMILES string of the molecule is CCn1c(S)c(S)sc1=O. The van der Waals surface area contributed by atoms with Crippen molar-refractivity contribution >= 4 is 36.6 Å². The van der Waals surface area contributed by atoms with E-state index in [-0.39, 0.29) is 4.87 Å². The smallest absolute Gasteiger partial charge is 0.293 e. The van der Waals surface area contributed by atoms with E-state index < -0.39 is 0 Å². The third-order valence-electron chi connectivity index (χ3n) is 1.17. The van der Waals surface area contributed by atoms with Gasteiger partial charge in [0.1, 0.15) is 0 Å². The zero-order chi connectivity index (χ0) is 7.72. The zero-order valence-corrected chi connectivity index (χ0v) is 7.97. The molecule has 0 radical (unpaired) electrons. The third-order valence-corrected chi connectivity index (χ3v) is 3.23. The average Bonchev–Trinajstić information content (AvgIpc) is 2.09. The first-order chi connectivity index (χ1) is 4.66. The van der Waals surface area contributed by atoms with Crippen LogP contribution in [0.2, 0.25) is 0 Å². The Kier molecular flexibility index (Phi) is 2.49. The molecule has 0 bridgehead atoms. The maximum Gasteiger partial charge on any atom is 0.309 e. The van der Waals surface area contributed by atoms with Crippen LogP contribution in [0.3, 0.4) is 0 Å². The zero-order valence-electron chi connectivity index (χ0n) is 5.37. The Labute approximate surface area is 73.7 Å². The minimum absolute atomic E-state index is 0.0116. The predicted molar refractivity (Wildman–Crippen MR) is 48.8 cm³/mol. The molecule has 0 atom stereocenters. The van der Waals surface area contributed by atoms with Crippen LogP contribution in [0.1, 0.15) is 6.92 Å². The lowest BCUT2D eigenvalue weighted by Gasteiger charge is -1.95. The van der Waals surface area contributed by atoms with Gasteiger partial charge in [-0.15, -0.1) is 25.3 Å². The topological polar surface area (TPSA) is 22.0 Å².